The Hall–Kier alpha value is -3.73. The number of rotatable bonds is 11. The summed E-state index contributed by atoms with van der Waals surface area (Å²) < 4.78 is 1.57. The van der Waals surface area contributed by atoms with Crippen LogP contribution < -0.4 is 16.0 Å². The van der Waals surface area contributed by atoms with E-state index in [1.165, 1.54) is 17.3 Å². The van der Waals surface area contributed by atoms with E-state index in [1.807, 2.05) is 6.07 Å². The zero-order chi connectivity index (χ0) is 28.2. The normalized spacial score (nSPS) is 18.8. The number of hydrogen-bond donors (Lipinski definition) is 3. The number of pyridine rings is 1. The number of anilines is 3. The van der Waals surface area contributed by atoms with Crippen molar-refractivity contribution in [3.63, 3.8) is 0 Å². The maximum atomic E-state index is 13.1. The van der Waals surface area contributed by atoms with Gasteiger partial charge in [0.1, 0.15) is 16.8 Å². The fourth-order valence-electron chi connectivity index (χ4n) is 5.04. The summed E-state index contributed by atoms with van der Waals surface area (Å²) in [6.45, 7) is 0. The van der Waals surface area contributed by atoms with Crippen molar-refractivity contribution in [2.24, 2.45) is 5.92 Å². The Morgan fingerprint density at radius 3 is 2.42 bits per heavy atom. The van der Waals surface area contributed by atoms with E-state index >= 15 is 0 Å². The van der Waals surface area contributed by atoms with Crippen molar-refractivity contribution in [1.29, 1.82) is 0 Å². The van der Waals surface area contributed by atoms with Gasteiger partial charge in [-0.2, -0.15) is 0 Å². The number of carbonyl (C=O) groups excluding carboxylic acids is 3. The van der Waals surface area contributed by atoms with E-state index in [-0.39, 0.29) is 35.2 Å². The summed E-state index contributed by atoms with van der Waals surface area (Å²) in [5.74, 6) is 0.801. The van der Waals surface area contributed by atoms with Crippen molar-refractivity contribution in [2.75, 3.05) is 30.0 Å². The van der Waals surface area contributed by atoms with Crippen molar-refractivity contribution < 1.29 is 14.4 Å². The molecule has 40 heavy (non-hydrogen) atoms. The predicted octanol–water partition coefficient (Wildman–Crippen LogP) is 4.40. The Bertz CT molecular complexity index is 1400. The van der Waals surface area contributed by atoms with Crippen LogP contribution in [0, 0.1) is 5.92 Å². The molecule has 0 bridgehead atoms. The molecule has 2 aliphatic carbocycles. The highest BCUT2D eigenvalue weighted by Crippen LogP contribution is 2.32. The summed E-state index contributed by atoms with van der Waals surface area (Å²) >= 11 is 5.97. The van der Waals surface area contributed by atoms with Crippen LogP contribution in [-0.4, -0.2) is 68.3 Å². The fourth-order valence-corrected chi connectivity index (χ4v) is 5.21. The highest BCUT2D eigenvalue weighted by molar-refractivity contribution is 6.29. The second-order valence-electron chi connectivity index (χ2n) is 11.0. The maximum Gasteiger partial charge on any atom is 0.276 e. The number of nitrogens with zero attached hydrogens (tertiary/aromatic N) is 5. The Balaban J connectivity index is 1.24. The molecule has 0 atom stereocenters. The number of imidazole rings is 1. The van der Waals surface area contributed by atoms with E-state index in [9.17, 15) is 14.4 Å². The Morgan fingerprint density at radius 2 is 1.73 bits per heavy atom. The molecule has 0 radical (unpaired) electrons. The standard InChI is InChI=1S/C28H35ClN8O3/c1-36(2)26(39)10-9-21(38)13-17-3-5-19(6-4-17)33-25-15-22(32-18-7-8-18)27-31-16-23(37(27)35-25)28(40)34-20-11-12-30-24(29)14-20/h11-12,14-19,32H,3-10,13H2,1-2H3,(H,33,35)(H,30,34,40). The van der Waals surface area contributed by atoms with Crippen molar-refractivity contribution in [3.05, 3.63) is 41.4 Å². The second-order valence-corrected chi connectivity index (χ2v) is 11.3. The van der Waals surface area contributed by atoms with Crippen LogP contribution in [0.2, 0.25) is 5.15 Å². The summed E-state index contributed by atoms with van der Waals surface area (Å²) in [5.41, 5.74) is 2.26. The molecule has 2 fully saturated rings. The van der Waals surface area contributed by atoms with E-state index in [4.69, 9.17) is 16.7 Å². The lowest BCUT2D eigenvalue weighted by Crippen LogP contribution is -2.28. The molecular weight excluding hydrogens is 532 g/mol. The average Bonchev–Trinajstić information content (AvgIpc) is 3.63. The smallest absolute Gasteiger partial charge is 0.276 e. The first kappa shape index (κ1) is 27.8. The molecule has 0 saturated heterocycles. The first-order valence-electron chi connectivity index (χ1n) is 13.8. The molecule has 212 valence electrons. The predicted molar refractivity (Wildman–Crippen MR) is 154 cm³/mol. The van der Waals surface area contributed by atoms with Crippen molar-refractivity contribution in [3.8, 4) is 0 Å². The maximum absolute atomic E-state index is 13.1. The minimum absolute atomic E-state index is 0.0124. The molecule has 0 unspecified atom stereocenters. The number of ketones is 1. The minimum atomic E-state index is -0.353. The average molecular weight is 567 g/mol. The summed E-state index contributed by atoms with van der Waals surface area (Å²) in [6, 6.07) is 5.81. The molecule has 12 heteroatoms. The number of nitrogens with one attached hydrogen (secondary N) is 3. The van der Waals surface area contributed by atoms with Crippen LogP contribution in [0.4, 0.5) is 17.2 Å². The quantitative estimate of drug-likeness (QED) is 0.291. The van der Waals surface area contributed by atoms with Gasteiger partial charge in [-0.05, 0) is 56.6 Å². The number of fused-ring (bicyclic) bond motifs is 1. The van der Waals surface area contributed by atoms with Crippen LogP contribution in [0.3, 0.4) is 0 Å². The van der Waals surface area contributed by atoms with E-state index in [0.717, 1.165) is 44.2 Å². The monoisotopic (exact) mass is 566 g/mol. The van der Waals surface area contributed by atoms with E-state index < -0.39 is 0 Å². The number of amides is 2. The van der Waals surface area contributed by atoms with Gasteiger partial charge in [0.2, 0.25) is 5.91 Å². The molecular formula is C28H35ClN8O3. The first-order chi connectivity index (χ1) is 19.2. The van der Waals surface area contributed by atoms with Gasteiger partial charge in [0.25, 0.3) is 5.91 Å². The molecule has 2 saturated carbocycles. The Morgan fingerprint density at radius 1 is 1.00 bits per heavy atom. The van der Waals surface area contributed by atoms with Crippen LogP contribution in [0.5, 0.6) is 0 Å². The number of aromatic nitrogens is 4. The lowest BCUT2D eigenvalue weighted by Gasteiger charge is -2.29. The molecule has 0 spiro atoms. The largest absolute Gasteiger partial charge is 0.379 e. The van der Waals surface area contributed by atoms with Gasteiger partial charge in [-0.25, -0.2) is 14.5 Å². The van der Waals surface area contributed by atoms with E-state index in [2.05, 4.69) is 25.9 Å². The summed E-state index contributed by atoms with van der Waals surface area (Å²) in [6.07, 6.45) is 10.1. The highest BCUT2D eigenvalue weighted by Gasteiger charge is 2.26. The summed E-state index contributed by atoms with van der Waals surface area (Å²) in [5, 5.41) is 14.9. The van der Waals surface area contributed by atoms with Crippen molar-refractivity contribution in [1.82, 2.24) is 24.5 Å². The van der Waals surface area contributed by atoms with Gasteiger partial charge < -0.3 is 20.9 Å². The molecule has 2 aliphatic rings. The molecule has 3 aromatic rings. The number of hydrogen-bond acceptors (Lipinski definition) is 8. The zero-order valence-corrected chi connectivity index (χ0v) is 23.6. The van der Waals surface area contributed by atoms with Crippen LogP contribution in [0.1, 0.15) is 68.3 Å². The molecule has 2 amide bonds. The first-order valence-corrected chi connectivity index (χ1v) is 14.2. The highest BCUT2D eigenvalue weighted by atomic mass is 35.5. The molecule has 0 aliphatic heterocycles. The van der Waals surface area contributed by atoms with Crippen LogP contribution in [0.15, 0.2) is 30.6 Å². The third-order valence-electron chi connectivity index (χ3n) is 7.45. The molecule has 0 aromatic carbocycles. The Labute approximate surface area is 238 Å². The number of Topliss-reactive ketones (excluding diaryl/α,β-unsaturated/α-hetero) is 1. The number of halogens is 1. The summed E-state index contributed by atoms with van der Waals surface area (Å²) in [4.78, 5) is 47.3. The molecule has 3 heterocycles. The van der Waals surface area contributed by atoms with Gasteiger partial charge in [0.15, 0.2) is 11.3 Å². The molecule has 3 N–H and O–H groups in total. The molecule has 3 aromatic heterocycles. The van der Waals surface area contributed by atoms with Gasteiger partial charge >= 0.3 is 0 Å². The van der Waals surface area contributed by atoms with E-state index in [0.29, 0.717) is 47.6 Å². The lowest BCUT2D eigenvalue weighted by molar-refractivity contribution is -0.131. The third kappa shape index (κ3) is 7.07. The minimum Gasteiger partial charge on any atom is -0.379 e. The van der Waals surface area contributed by atoms with Crippen LogP contribution in [-0.2, 0) is 9.59 Å². The zero-order valence-electron chi connectivity index (χ0n) is 22.8. The molecule has 11 nitrogen and oxygen atoms in total. The van der Waals surface area contributed by atoms with Crippen LogP contribution >= 0.6 is 11.6 Å². The fraction of sp³-hybridized carbons (Fsp3) is 0.500. The SMILES string of the molecule is CN(C)C(=O)CCC(=O)CC1CCC(Nc2cc(NC3CC3)c3ncc(C(=O)Nc4ccnc(Cl)c4)n3n2)CC1. The van der Waals surface area contributed by atoms with Gasteiger partial charge in [-0.3, -0.25) is 14.4 Å². The van der Waals surface area contributed by atoms with Gasteiger partial charge in [0, 0.05) is 63.4 Å². The summed E-state index contributed by atoms with van der Waals surface area (Å²) in [7, 11) is 3.42. The topological polar surface area (TPSA) is 134 Å². The van der Waals surface area contributed by atoms with Gasteiger partial charge in [-0.15, -0.1) is 5.10 Å². The van der Waals surface area contributed by atoms with Crippen LogP contribution in [0.25, 0.3) is 5.65 Å². The van der Waals surface area contributed by atoms with Gasteiger partial charge in [0.05, 0.1) is 11.9 Å². The lowest BCUT2D eigenvalue weighted by atomic mass is 9.82. The van der Waals surface area contributed by atoms with Crippen molar-refractivity contribution in [2.45, 2.75) is 69.9 Å². The second kappa shape index (κ2) is 12.2. The number of carbonyl (C=O) groups is 3. The molecule has 5 rings (SSSR count). The van der Waals surface area contributed by atoms with Crippen molar-refractivity contribution >= 4 is 52.0 Å². The Kier molecular flexibility index (Phi) is 8.49. The van der Waals surface area contributed by atoms with Gasteiger partial charge in [-0.1, -0.05) is 11.6 Å². The van der Waals surface area contributed by atoms with E-state index in [1.54, 1.807) is 30.7 Å². The third-order valence-corrected chi connectivity index (χ3v) is 7.66.